The zero-order valence-electron chi connectivity index (χ0n) is 15.9. The number of hydrogen-bond acceptors (Lipinski definition) is 5. The van der Waals surface area contributed by atoms with E-state index >= 15 is 0 Å². The third-order valence-electron chi connectivity index (χ3n) is 3.70. The van der Waals surface area contributed by atoms with Gasteiger partial charge in [-0.15, -0.1) is 24.0 Å². The number of pyridine rings is 1. The minimum atomic E-state index is -0.0110. The number of aromatic hydroxyl groups is 1. The number of benzene rings is 1. The number of phenolic OH excluding ortho intramolecular Hbond substituents is 1. The van der Waals surface area contributed by atoms with Crippen LogP contribution >= 0.6 is 24.0 Å². The Morgan fingerprint density at radius 3 is 2.41 bits per heavy atom. The predicted octanol–water partition coefficient (Wildman–Crippen LogP) is 2.72. The summed E-state index contributed by atoms with van der Waals surface area (Å²) in [6, 6.07) is 9.38. The standard InChI is InChI=1S/C19H26N4O3.HI/c1-4-20-19(22-10-8-15-7-5-6-9-21-15)23-13-14-11-16(25-2)18(24)17(12-14)26-3;/h5-7,9,11-12,24H,4,8,10,13H2,1-3H3,(H2,20,22,23);1H. The number of phenols is 1. The number of ether oxygens (including phenoxy) is 2. The normalized spacial score (nSPS) is 10.7. The second-order valence-electron chi connectivity index (χ2n) is 5.54. The Morgan fingerprint density at radius 2 is 1.85 bits per heavy atom. The zero-order chi connectivity index (χ0) is 18.8. The first-order valence-corrected chi connectivity index (χ1v) is 8.53. The van der Waals surface area contributed by atoms with Crippen LogP contribution in [0.5, 0.6) is 17.2 Å². The summed E-state index contributed by atoms with van der Waals surface area (Å²) in [6.45, 7) is 3.93. The molecular formula is C19H27IN4O3. The minimum absolute atomic E-state index is 0. The van der Waals surface area contributed by atoms with Gasteiger partial charge in [0, 0.05) is 31.4 Å². The molecule has 7 nitrogen and oxygen atoms in total. The molecule has 0 atom stereocenters. The van der Waals surface area contributed by atoms with Crippen LogP contribution in [-0.2, 0) is 13.0 Å². The first kappa shape index (κ1) is 22.8. The number of nitrogens with one attached hydrogen (secondary N) is 2. The Morgan fingerprint density at radius 1 is 1.15 bits per heavy atom. The van der Waals surface area contributed by atoms with Gasteiger partial charge in [-0.25, -0.2) is 4.99 Å². The van der Waals surface area contributed by atoms with Gasteiger partial charge < -0.3 is 25.2 Å². The number of rotatable bonds is 8. The van der Waals surface area contributed by atoms with E-state index in [1.807, 2.05) is 25.1 Å². The Bertz CT molecular complexity index is 701. The Labute approximate surface area is 177 Å². The van der Waals surface area contributed by atoms with Crippen molar-refractivity contribution in [3.05, 3.63) is 47.8 Å². The predicted molar refractivity (Wildman–Crippen MR) is 117 cm³/mol. The molecule has 0 radical (unpaired) electrons. The van der Waals surface area contributed by atoms with E-state index in [4.69, 9.17) is 9.47 Å². The van der Waals surface area contributed by atoms with Crippen molar-refractivity contribution in [1.82, 2.24) is 15.6 Å². The third kappa shape index (κ3) is 7.12. The number of halogens is 1. The lowest BCUT2D eigenvalue weighted by Gasteiger charge is -2.13. The Hall–Kier alpha value is -2.23. The van der Waals surface area contributed by atoms with Gasteiger partial charge in [-0.1, -0.05) is 6.07 Å². The zero-order valence-corrected chi connectivity index (χ0v) is 18.2. The molecule has 1 aromatic heterocycles. The first-order chi connectivity index (χ1) is 12.7. The molecule has 0 bridgehead atoms. The van der Waals surface area contributed by atoms with Gasteiger partial charge in [-0.3, -0.25) is 4.98 Å². The Balaban J connectivity index is 0.00000364. The lowest BCUT2D eigenvalue weighted by atomic mass is 10.2. The molecule has 3 N–H and O–H groups in total. The van der Waals surface area contributed by atoms with E-state index in [1.165, 1.54) is 14.2 Å². The van der Waals surface area contributed by atoms with Gasteiger partial charge >= 0.3 is 0 Å². The maximum absolute atomic E-state index is 9.98. The fourth-order valence-electron chi connectivity index (χ4n) is 2.41. The molecule has 1 aromatic carbocycles. The largest absolute Gasteiger partial charge is 0.502 e. The fourth-order valence-corrected chi connectivity index (χ4v) is 2.41. The van der Waals surface area contributed by atoms with E-state index in [0.29, 0.717) is 18.0 Å². The van der Waals surface area contributed by atoms with Crippen LogP contribution in [0.3, 0.4) is 0 Å². The van der Waals surface area contributed by atoms with Crippen LogP contribution in [0.1, 0.15) is 18.2 Å². The molecule has 0 amide bonds. The summed E-state index contributed by atoms with van der Waals surface area (Å²) in [5, 5.41) is 16.5. The summed E-state index contributed by atoms with van der Waals surface area (Å²) in [7, 11) is 3.01. The van der Waals surface area contributed by atoms with E-state index in [1.54, 1.807) is 18.3 Å². The second-order valence-corrected chi connectivity index (χ2v) is 5.54. The molecule has 0 unspecified atom stereocenters. The number of nitrogens with zero attached hydrogens (tertiary/aromatic N) is 2. The van der Waals surface area contributed by atoms with Crippen molar-refractivity contribution >= 4 is 29.9 Å². The minimum Gasteiger partial charge on any atom is -0.502 e. The smallest absolute Gasteiger partial charge is 0.200 e. The van der Waals surface area contributed by atoms with Crippen LogP contribution in [0.2, 0.25) is 0 Å². The van der Waals surface area contributed by atoms with Crippen molar-refractivity contribution in [2.45, 2.75) is 19.9 Å². The third-order valence-corrected chi connectivity index (χ3v) is 3.70. The van der Waals surface area contributed by atoms with E-state index in [2.05, 4.69) is 20.6 Å². The van der Waals surface area contributed by atoms with Gasteiger partial charge in [0.25, 0.3) is 0 Å². The van der Waals surface area contributed by atoms with Crippen LogP contribution in [0, 0.1) is 0 Å². The van der Waals surface area contributed by atoms with E-state index in [9.17, 15) is 5.11 Å². The molecule has 8 heteroatoms. The van der Waals surface area contributed by atoms with Crippen molar-refractivity contribution < 1.29 is 14.6 Å². The topological polar surface area (TPSA) is 88.0 Å². The molecule has 0 aliphatic heterocycles. The number of guanidine groups is 1. The van der Waals surface area contributed by atoms with Crippen LogP contribution < -0.4 is 20.1 Å². The summed E-state index contributed by atoms with van der Waals surface area (Å²) in [6.07, 6.45) is 2.60. The summed E-state index contributed by atoms with van der Waals surface area (Å²) < 4.78 is 10.4. The van der Waals surface area contributed by atoms with Crippen molar-refractivity contribution in [3.63, 3.8) is 0 Å². The first-order valence-electron chi connectivity index (χ1n) is 8.53. The van der Waals surface area contributed by atoms with Crippen LogP contribution in [0.4, 0.5) is 0 Å². The number of aromatic nitrogens is 1. The van der Waals surface area contributed by atoms with E-state index in [0.717, 1.165) is 36.7 Å². The summed E-state index contributed by atoms with van der Waals surface area (Å²) in [4.78, 5) is 8.89. The number of methoxy groups -OCH3 is 2. The molecule has 27 heavy (non-hydrogen) atoms. The molecule has 1 heterocycles. The van der Waals surface area contributed by atoms with Crippen molar-refractivity contribution in [3.8, 4) is 17.2 Å². The fraction of sp³-hybridized carbons (Fsp3) is 0.368. The SMILES string of the molecule is CCNC(=NCc1cc(OC)c(O)c(OC)c1)NCCc1ccccn1.I. The maximum Gasteiger partial charge on any atom is 0.200 e. The number of hydrogen-bond donors (Lipinski definition) is 3. The maximum atomic E-state index is 9.98. The monoisotopic (exact) mass is 486 g/mol. The number of aliphatic imine (C=N–C) groups is 1. The quantitative estimate of drug-likeness (QED) is 0.302. The molecule has 0 saturated carbocycles. The molecule has 2 rings (SSSR count). The lowest BCUT2D eigenvalue weighted by Crippen LogP contribution is -2.38. The lowest BCUT2D eigenvalue weighted by molar-refractivity contribution is 0.339. The average molecular weight is 486 g/mol. The van der Waals surface area contributed by atoms with Gasteiger partial charge in [0.15, 0.2) is 17.5 Å². The Kier molecular flexibility index (Phi) is 10.3. The highest BCUT2D eigenvalue weighted by molar-refractivity contribution is 14.0. The van der Waals surface area contributed by atoms with Gasteiger partial charge in [-0.2, -0.15) is 0 Å². The van der Waals surface area contributed by atoms with E-state index < -0.39 is 0 Å². The summed E-state index contributed by atoms with van der Waals surface area (Å²) >= 11 is 0. The van der Waals surface area contributed by atoms with Crippen LogP contribution in [0.25, 0.3) is 0 Å². The second kappa shape index (κ2) is 12.2. The molecule has 0 aliphatic rings. The van der Waals surface area contributed by atoms with Crippen molar-refractivity contribution in [2.24, 2.45) is 4.99 Å². The molecule has 0 saturated heterocycles. The van der Waals surface area contributed by atoms with E-state index in [-0.39, 0.29) is 29.7 Å². The summed E-state index contributed by atoms with van der Waals surface area (Å²) in [5.74, 6) is 1.43. The highest BCUT2D eigenvalue weighted by Crippen LogP contribution is 2.37. The van der Waals surface area contributed by atoms with Crippen molar-refractivity contribution in [1.29, 1.82) is 0 Å². The average Bonchev–Trinajstić information content (AvgIpc) is 2.67. The molecule has 0 aliphatic carbocycles. The van der Waals surface area contributed by atoms with Gasteiger partial charge in [-0.05, 0) is 36.8 Å². The molecule has 0 spiro atoms. The van der Waals surface area contributed by atoms with Crippen molar-refractivity contribution in [2.75, 3.05) is 27.3 Å². The van der Waals surface area contributed by atoms with Gasteiger partial charge in [0.1, 0.15) is 0 Å². The van der Waals surface area contributed by atoms with Crippen LogP contribution in [0.15, 0.2) is 41.5 Å². The van der Waals surface area contributed by atoms with Gasteiger partial charge in [0.05, 0.1) is 20.8 Å². The summed E-state index contributed by atoms with van der Waals surface area (Å²) in [5.41, 5.74) is 1.90. The van der Waals surface area contributed by atoms with Gasteiger partial charge in [0.2, 0.25) is 5.75 Å². The molecule has 148 valence electrons. The molecule has 0 fully saturated rings. The molecule has 2 aromatic rings. The van der Waals surface area contributed by atoms with Crippen LogP contribution in [-0.4, -0.2) is 43.4 Å². The highest BCUT2D eigenvalue weighted by atomic mass is 127. The highest BCUT2D eigenvalue weighted by Gasteiger charge is 2.11. The molecular weight excluding hydrogens is 459 g/mol.